The predicted octanol–water partition coefficient (Wildman–Crippen LogP) is 2.23. The average molecular weight is 256 g/mol. The molecule has 2 N–H and O–H groups in total. The highest BCUT2D eigenvalue weighted by Crippen LogP contribution is 2.15. The van der Waals surface area contributed by atoms with Crippen LogP contribution in [0.3, 0.4) is 0 Å². The quantitative estimate of drug-likeness (QED) is 0.649. The maximum atomic E-state index is 13.0. The van der Waals surface area contributed by atoms with Gasteiger partial charge in [0.15, 0.2) is 0 Å². The Morgan fingerprint density at radius 1 is 1.53 bits per heavy atom. The van der Waals surface area contributed by atoms with Gasteiger partial charge in [0.25, 0.3) is 5.91 Å². The molecule has 3 nitrogen and oxygen atoms in total. The van der Waals surface area contributed by atoms with Gasteiger partial charge < -0.3 is 10.6 Å². The molecule has 0 radical (unpaired) electrons. The Kier molecular flexibility index (Phi) is 5.28. The van der Waals surface area contributed by atoms with E-state index in [9.17, 15) is 9.18 Å². The van der Waals surface area contributed by atoms with Crippen LogP contribution in [0.4, 0.5) is 10.1 Å². The summed E-state index contributed by atoms with van der Waals surface area (Å²) in [6, 6.07) is 3.85. The molecule has 94 valence electrons. The molecule has 0 aromatic heterocycles. The number of halogens is 1. The Balaban J connectivity index is 2.71. The van der Waals surface area contributed by atoms with Crippen molar-refractivity contribution in [2.75, 3.05) is 31.3 Å². The van der Waals surface area contributed by atoms with E-state index in [0.717, 1.165) is 12.2 Å². The van der Waals surface area contributed by atoms with Crippen LogP contribution in [0.1, 0.15) is 16.8 Å². The Morgan fingerprint density at radius 3 is 2.88 bits per heavy atom. The first-order valence-electron chi connectivity index (χ1n) is 5.35. The molecular weight excluding hydrogens is 239 g/mol. The number of rotatable bonds is 5. The third-order valence-corrected chi connectivity index (χ3v) is 3.13. The van der Waals surface area contributed by atoms with Gasteiger partial charge >= 0.3 is 0 Å². The number of carbonyl (C=O) groups excluding carboxylic acids is 1. The highest BCUT2D eigenvalue weighted by molar-refractivity contribution is 7.98. The van der Waals surface area contributed by atoms with E-state index in [0.29, 0.717) is 12.2 Å². The fourth-order valence-corrected chi connectivity index (χ4v) is 1.88. The third kappa shape index (κ3) is 3.93. The van der Waals surface area contributed by atoms with E-state index in [-0.39, 0.29) is 11.5 Å². The number of nitrogen functional groups attached to an aromatic ring is 1. The molecule has 1 rings (SSSR count). The monoisotopic (exact) mass is 256 g/mol. The van der Waals surface area contributed by atoms with Crippen molar-refractivity contribution in [3.05, 3.63) is 29.6 Å². The third-order valence-electron chi connectivity index (χ3n) is 2.43. The van der Waals surface area contributed by atoms with Crippen molar-refractivity contribution < 1.29 is 9.18 Å². The predicted molar refractivity (Wildman–Crippen MR) is 70.8 cm³/mol. The van der Waals surface area contributed by atoms with Gasteiger partial charge in [-0.2, -0.15) is 11.8 Å². The van der Waals surface area contributed by atoms with Crippen molar-refractivity contribution in [2.45, 2.75) is 6.42 Å². The summed E-state index contributed by atoms with van der Waals surface area (Å²) in [5.41, 5.74) is 6.21. The number of anilines is 1. The van der Waals surface area contributed by atoms with Crippen LogP contribution in [0.15, 0.2) is 18.2 Å². The number of nitrogens with zero attached hydrogens (tertiary/aromatic N) is 1. The minimum absolute atomic E-state index is 0.233. The first-order chi connectivity index (χ1) is 8.06. The smallest absolute Gasteiger partial charge is 0.255 e. The summed E-state index contributed by atoms with van der Waals surface area (Å²) >= 11 is 1.73. The molecule has 1 amide bonds. The summed E-state index contributed by atoms with van der Waals surface area (Å²) in [7, 11) is 1.70. The molecule has 5 heteroatoms. The van der Waals surface area contributed by atoms with Crippen molar-refractivity contribution in [1.82, 2.24) is 4.90 Å². The summed E-state index contributed by atoms with van der Waals surface area (Å²) in [4.78, 5) is 13.6. The zero-order valence-electron chi connectivity index (χ0n) is 10.1. The lowest BCUT2D eigenvalue weighted by Gasteiger charge is -2.17. The molecule has 0 unspecified atom stereocenters. The van der Waals surface area contributed by atoms with Gasteiger partial charge in [-0.15, -0.1) is 0 Å². The molecule has 0 heterocycles. The van der Waals surface area contributed by atoms with E-state index in [2.05, 4.69) is 0 Å². The Labute approximate surface area is 105 Å². The van der Waals surface area contributed by atoms with Crippen molar-refractivity contribution in [3.63, 3.8) is 0 Å². The van der Waals surface area contributed by atoms with E-state index < -0.39 is 5.82 Å². The zero-order valence-corrected chi connectivity index (χ0v) is 10.9. The molecule has 1 aromatic rings. The van der Waals surface area contributed by atoms with Crippen LogP contribution in [0.5, 0.6) is 0 Å². The fraction of sp³-hybridized carbons (Fsp3) is 0.417. The molecule has 0 fully saturated rings. The van der Waals surface area contributed by atoms with Gasteiger partial charge in [0, 0.05) is 19.3 Å². The molecule has 0 saturated carbocycles. The van der Waals surface area contributed by atoms with Gasteiger partial charge in [0.2, 0.25) is 0 Å². The number of carbonyl (C=O) groups is 1. The van der Waals surface area contributed by atoms with Crippen LogP contribution in [-0.4, -0.2) is 36.4 Å². The Morgan fingerprint density at radius 2 is 2.24 bits per heavy atom. The average Bonchev–Trinajstić information content (AvgIpc) is 2.31. The maximum Gasteiger partial charge on any atom is 0.255 e. The summed E-state index contributed by atoms with van der Waals surface area (Å²) in [6.45, 7) is 0.648. The van der Waals surface area contributed by atoms with Crippen LogP contribution in [0, 0.1) is 5.82 Å². The second-order valence-corrected chi connectivity index (χ2v) is 4.79. The van der Waals surface area contributed by atoms with E-state index in [1.54, 1.807) is 23.7 Å². The highest BCUT2D eigenvalue weighted by atomic mass is 32.2. The van der Waals surface area contributed by atoms with Crippen LogP contribution >= 0.6 is 11.8 Å². The lowest BCUT2D eigenvalue weighted by Crippen LogP contribution is -2.28. The molecular formula is C12H17FN2OS. The maximum absolute atomic E-state index is 13.0. The molecule has 0 aliphatic rings. The lowest BCUT2D eigenvalue weighted by molar-refractivity contribution is 0.0796. The van der Waals surface area contributed by atoms with E-state index in [1.807, 2.05) is 6.26 Å². The Bertz CT molecular complexity index is 398. The number of benzene rings is 1. The minimum Gasteiger partial charge on any atom is -0.398 e. The fourth-order valence-electron chi connectivity index (χ4n) is 1.47. The number of nitrogens with two attached hydrogens (primary N) is 1. The van der Waals surface area contributed by atoms with Gasteiger partial charge in [-0.25, -0.2) is 4.39 Å². The molecule has 0 aliphatic carbocycles. The SMILES string of the molecule is CSCCCN(C)C(=O)c1cc(F)ccc1N. The molecule has 0 spiro atoms. The van der Waals surface area contributed by atoms with Crippen molar-refractivity contribution in [2.24, 2.45) is 0 Å². The molecule has 0 saturated heterocycles. The summed E-state index contributed by atoms with van der Waals surface area (Å²) < 4.78 is 13.0. The van der Waals surface area contributed by atoms with Crippen LogP contribution in [0.25, 0.3) is 0 Å². The number of hydrogen-bond donors (Lipinski definition) is 1. The topological polar surface area (TPSA) is 46.3 Å². The molecule has 0 atom stereocenters. The molecule has 0 aliphatic heterocycles. The van der Waals surface area contributed by atoms with Crippen molar-refractivity contribution in [3.8, 4) is 0 Å². The van der Waals surface area contributed by atoms with Gasteiger partial charge in [0.1, 0.15) is 5.82 Å². The minimum atomic E-state index is -0.444. The largest absolute Gasteiger partial charge is 0.398 e. The van der Waals surface area contributed by atoms with Gasteiger partial charge in [-0.05, 0) is 36.6 Å². The zero-order chi connectivity index (χ0) is 12.8. The Hall–Kier alpha value is -1.23. The molecule has 1 aromatic carbocycles. The number of thioether (sulfide) groups is 1. The number of amides is 1. The summed E-state index contributed by atoms with van der Waals surface area (Å²) in [5, 5.41) is 0. The number of hydrogen-bond acceptors (Lipinski definition) is 3. The summed E-state index contributed by atoms with van der Waals surface area (Å²) in [5.74, 6) is 0.319. The van der Waals surface area contributed by atoms with Gasteiger partial charge in [-0.3, -0.25) is 4.79 Å². The normalized spacial score (nSPS) is 10.3. The van der Waals surface area contributed by atoms with Crippen LogP contribution < -0.4 is 5.73 Å². The van der Waals surface area contributed by atoms with E-state index >= 15 is 0 Å². The second kappa shape index (κ2) is 6.49. The molecule has 0 bridgehead atoms. The van der Waals surface area contributed by atoms with Crippen molar-refractivity contribution in [1.29, 1.82) is 0 Å². The van der Waals surface area contributed by atoms with Gasteiger partial charge in [-0.1, -0.05) is 0 Å². The van der Waals surface area contributed by atoms with Crippen LogP contribution in [-0.2, 0) is 0 Å². The lowest BCUT2D eigenvalue weighted by atomic mass is 10.1. The first-order valence-corrected chi connectivity index (χ1v) is 6.75. The van der Waals surface area contributed by atoms with Crippen LogP contribution in [0.2, 0.25) is 0 Å². The first kappa shape index (κ1) is 13.8. The van der Waals surface area contributed by atoms with E-state index in [4.69, 9.17) is 5.73 Å². The summed E-state index contributed by atoms with van der Waals surface area (Å²) in [6.07, 6.45) is 2.94. The highest BCUT2D eigenvalue weighted by Gasteiger charge is 2.14. The van der Waals surface area contributed by atoms with E-state index in [1.165, 1.54) is 18.2 Å². The second-order valence-electron chi connectivity index (χ2n) is 3.80. The standard InChI is InChI=1S/C12H17FN2OS/c1-15(6-3-7-17-2)12(16)10-8-9(13)4-5-11(10)14/h4-5,8H,3,6-7,14H2,1-2H3. The van der Waals surface area contributed by atoms with Crippen molar-refractivity contribution >= 4 is 23.4 Å². The van der Waals surface area contributed by atoms with Gasteiger partial charge in [0.05, 0.1) is 5.56 Å². The molecule has 17 heavy (non-hydrogen) atoms.